The number of halogens is 3. The van der Waals surface area contributed by atoms with Crippen LogP contribution in [0.15, 0.2) is 42.5 Å². The van der Waals surface area contributed by atoms with Gasteiger partial charge in [0, 0.05) is 0 Å². The van der Waals surface area contributed by atoms with Crippen LogP contribution in [0.1, 0.15) is 43.1 Å². The van der Waals surface area contributed by atoms with Gasteiger partial charge >= 0.3 is 6.18 Å². The fourth-order valence-electron chi connectivity index (χ4n) is 3.28. The van der Waals surface area contributed by atoms with E-state index >= 15 is 0 Å². The molecule has 9 heteroatoms. The van der Waals surface area contributed by atoms with E-state index in [0.29, 0.717) is 23.5 Å². The number of nitrogens with zero attached hydrogens (tertiary/aromatic N) is 1. The first-order chi connectivity index (χ1) is 15.1. The van der Waals surface area contributed by atoms with E-state index in [2.05, 4.69) is 10.3 Å². The largest absolute Gasteiger partial charge is 0.493 e. The third-order valence-electron chi connectivity index (χ3n) is 4.88. The van der Waals surface area contributed by atoms with Gasteiger partial charge in [0.25, 0.3) is 5.91 Å². The number of alkyl halides is 3. The third kappa shape index (κ3) is 5.40. The number of aryl methyl sites for hydroxylation is 2. The van der Waals surface area contributed by atoms with E-state index in [1.807, 2.05) is 31.2 Å². The molecule has 170 valence electrons. The molecule has 1 unspecified atom stereocenters. The molecule has 1 aromatic heterocycles. The lowest BCUT2D eigenvalue weighted by Gasteiger charge is -2.21. The van der Waals surface area contributed by atoms with Gasteiger partial charge in [-0.15, -0.1) is 11.3 Å². The Hall–Kier alpha value is -3.07. The maximum Gasteiger partial charge on any atom is 0.435 e. The fraction of sp³-hybridized carbons (Fsp3) is 0.304. The maximum absolute atomic E-state index is 13.4. The normalized spacial score (nSPS) is 12.3. The summed E-state index contributed by atoms with van der Waals surface area (Å²) < 4.78 is 50.8. The van der Waals surface area contributed by atoms with Crippen LogP contribution in [0.4, 0.5) is 13.2 Å². The smallest absolute Gasteiger partial charge is 0.435 e. The highest BCUT2D eigenvalue weighted by Gasteiger charge is 2.39. The molecule has 1 amide bonds. The Balaban J connectivity index is 1.98. The Morgan fingerprint density at radius 1 is 1.06 bits per heavy atom. The van der Waals surface area contributed by atoms with Crippen LogP contribution in [0.2, 0.25) is 0 Å². The molecule has 32 heavy (non-hydrogen) atoms. The van der Waals surface area contributed by atoms with Crippen molar-refractivity contribution in [1.29, 1.82) is 0 Å². The Morgan fingerprint density at radius 2 is 1.72 bits per heavy atom. The second-order valence-corrected chi connectivity index (χ2v) is 8.44. The maximum atomic E-state index is 13.4. The molecule has 0 radical (unpaired) electrons. The molecule has 0 fully saturated rings. The number of thiazole rings is 1. The molecule has 1 N–H and O–H groups in total. The zero-order valence-corrected chi connectivity index (χ0v) is 18.9. The summed E-state index contributed by atoms with van der Waals surface area (Å²) in [7, 11) is 3.00. The number of benzene rings is 2. The molecule has 0 aliphatic carbocycles. The van der Waals surface area contributed by atoms with Crippen LogP contribution in [-0.2, 0) is 12.6 Å². The summed E-state index contributed by atoms with van der Waals surface area (Å²) in [5, 5.41) is 2.93. The number of ether oxygens (including phenoxy) is 2. The van der Waals surface area contributed by atoms with Crippen LogP contribution >= 0.6 is 11.3 Å². The molecular weight excluding hydrogens is 441 g/mol. The number of carbonyl (C=O) groups excluding carboxylic acids is 1. The molecule has 0 saturated heterocycles. The minimum atomic E-state index is -4.72. The molecule has 0 bridgehead atoms. The lowest BCUT2D eigenvalue weighted by atomic mass is 9.97. The van der Waals surface area contributed by atoms with E-state index in [1.54, 1.807) is 18.2 Å². The van der Waals surface area contributed by atoms with Gasteiger partial charge in [-0.25, -0.2) is 4.98 Å². The summed E-state index contributed by atoms with van der Waals surface area (Å²) in [5.41, 5.74) is 1.51. The van der Waals surface area contributed by atoms with Crippen LogP contribution in [0.3, 0.4) is 0 Å². The minimum Gasteiger partial charge on any atom is -0.493 e. The van der Waals surface area contributed by atoms with Gasteiger partial charge in [0.15, 0.2) is 17.2 Å². The van der Waals surface area contributed by atoms with Crippen molar-refractivity contribution in [2.24, 2.45) is 0 Å². The number of methoxy groups -OCH3 is 2. The number of aromatic nitrogens is 1. The van der Waals surface area contributed by atoms with Gasteiger partial charge in [-0.2, -0.15) is 13.2 Å². The van der Waals surface area contributed by atoms with Crippen molar-refractivity contribution in [2.45, 2.75) is 32.5 Å². The molecule has 0 aliphatic rings. The third-order valence-corrected chi connectivity index (χ3v) is 5.85. The molecular formula is C23H23F3N2O3S. The second-order valence-electron chi connectivity index (χ2n) is 7.24. The fourth-order valence-corrected chi connectivity index (χ4v) is 4.12. The van der Waals surface area contributed by atoms with Crippen molar-refractivity contribution in [3.63, 3.8) is 0 Å². The standard InChI is InChI=1S/C23H23F3N2O3S/c1-13-5-7-15(8-6-13)11-17(16-9-10-18(30-3)19(12-16)31-4)28-22(29)20-21(23(24,25)26)27-14(2)32-20/h5-10,12,17H,11H2,1-4H3,(H,28,29). The van der Waals surface area contributed by atoms with Crippen LogP contribution in [0.5, 0.6) is 11.5 Å². The zero-order valence-electron chi connectivity index (χ0n) is 18.0. The average Bonchev–Trinajstić information content (AvgIpc) is 3.16. The average molecular weight is 465 g/mol. The molecule has 0 saturated carbocycles. The topological polar surface area (TPSA) is 60.5 Å². The number of hydrogen-bond donors (Lipinski definition) is 1. The van der Waals surface area contributed by atoms with Gasteiger partial charge < -0.3 is 14.8 Å². The first kappa shape index (κ1) is 23.6. The summed E-state index contributed by atoms with van der Waals surface area (Å²) in [5.74, 6) is 0.140. The summed E-state index contributed by atoms with van der Waals surface area (Å²) >= 11 is 0.721. The van der Waals surface area contributed by atoms with Gasteiger partial charge in [-0.3, -0.25) is 4.79 Å². The summed E-state index contributed by atoms with van der Waals surface area (Å²) in [6.07, 6.45) is -4.34. The highest BCUT2D eigenvalue weighted by Crippen LogP contribution is 2.35. The highest BCUT2D eigenvalue weighted by atomic mass is 32.1. The molecule has 2 aromatic carbocycles. The predicted octanol–water partition coefficient (Wildman–Crippen LogP) is 5.51. The Bertz CT molecular complexity index is 1090. The van der Waals surface area contributed by atoms with E-state index in [1.165, 1.54) is 21.1 Å². The van der Waals surface area contributed by atoms with Gasteiger partial charge in [0.1, 0.15) is 4.88 Å². The molecule has 1 atom stereocenters. The summed E-state index contributed by atoms with van der Waals surface area (Å²) in [4.78, 5) is 16.0. The Kier molecular flexibility index (Phi) is 7.08. The van der Waals surface area contributed by atoms with Crippen LogP contribution in [0.25, 0.3) is 0 Å². The number of amides is 1. The predicted molar refractivity (Wildman–Crippen MR) is 116 cm³/mol. The molecule has 1 heterocycles. The lowest BCUT2D eigenvalue weighted by molar-refractivity contribution is -0.141. The first-order valence-electron chi connectivity index (χ1n) is 9.75. The van der Waals surface area contributed by atoms with Crippen molar-refractivity contribution in [1.82, 2.24) is 10.3 Å². The van der Waals surface area contributed by atoms with Crippen molar-refractivity contribution in [2.75, 3.05) is 14.2 Å². The summed E-state index contributed by atoms with van der Waals surface area (Å²) in [6.45, 7) is 3.40. The van der Waals surface area contributed by atoms with Crippen molar-refractivity contribution in [3.05, 3.63) is 74.7 Å². The van der Waals surface area contributed by atoms with Crippen LogP contribution < -0.4 is 14.8 Å². The van der Waals surface area contributed by atoms with Gasteiger partial charge in [-0.05, 0) is 43.5 Å². The number of nitrogens with one attached hydrogen (secondary N) is 1. The van der Waals surface area contributed by atoms with E-state index in [9.17, 15) is 18.0 Å². The van der Waals surface area contributed by atoms with E-state index in [-0.39, 0.29) is 5.01 Å². The van der Waals surface area contributed by atoms with Crippen molar-refractivity contribution >= 4 is 17.2 Å². The van der Waals surface area contributed by atoms with Gasteiger partial charge in [-0.1, -0.05) is 35.9 Å². The quantitative estimate of drug-likeness (QED) is 0.501. The SMILES string of the molecule is COc1ccc(C(Cc2ccc(C)cc2)NC(=O)c2sc(C)nc2C(F)(F)F)cc1OC. The van der Waals surface area contributed by atoms with Gasteiger partial charge in [0.05, 0.1) is 25.3 Å². The second kappa shape index (κ2) is 9.60. The first-order valence-corrected chi connectivity index (χ1v) is 10.6. The Labute approximate surface area is 188 Å². The van der Waals surface area contributed by atoms with E-state index in [0.717, 1.165) is 22.5 Å². The number of hydrogen-bond acceptors (Lipinski definition) is 5. The molecule has 0 spiro atoms. The summed E-state index contributed by atoms with van der Waals surface area (Å²) in [6, 6.07) is 12.3. The van der Waals surface area contributed by atoms with Crippen molar-refractivity contribution in [3.8, 4) is 11.5 Å². The molecule has 3 aromatic rings. The Morgan fingerprint density at radius 3 is 2.31 bits per heavy atom. The minimum absolute atomic E-state index is 0.170. The number of rotatable bonds is 7. The van der Waals surface area contributed by atoms with Crippen LogP contribution in [-0.4, -0.2) is 25.1 Å². The van der Waals surface area contributed by atoms with Crippen molar-refractivity contribution < 1.29 is 27.4 Å². The zero-order chi connectivity index (χ0) is 23.5. The molecule has 3 rings (SSSR count). The van der Waals surface area contributed by atoms with Crippen LogP contribution in [0, 0.1) is 13.8 Å². The highest BCUT2D eigenvalue weighted by molar-refractivity contribution is 7.13. The lowest BCUT2D eigenvalue weighted by Crippen LogP contribution is -2.31. The van der Waals surface area contributed by atoms with Gasteiger partial charge in [0.2, 0.25) is 0 Å². The molecule has 5 nitrogen and oxygen atoms in total. The number of carbonyl (C=O) groups is 1. The monoisotopic (exact) mass is 464 g/mol. The van der Waals surface area contributed by atoms with E-state index in [4.69, 9.17) is 9.47 Å². The molecule has 0 aliphatic heterocycles. The van der Waals surface area contributed by atoms with E-state index < -0.39 is 28.7 Å².